The quantitative estimate of drug-likeness (QED) is 0.538. The van der Waals surface area contributed by atoms with Crippen molar-refractivity contribution in [1.29, 1.82) is 0 Å². The molecular weight excluding hydrogens is 304 g/mol. The van der Waals surface area contributed by atoms with Crippen LogP contribution in [-0.4, -0.2) is 25.2 Å². The highest BCUT2D eigenvalue weighted by atomic mass is 16.5. The second-order valence-corrected chi connectivity index (χ2v) is 7.63. The summed E-state index contributed by atoms with van der Waals surface area (Å²) in [5.74, 6) is 0.259. The lowest BCUT2D eigenvalue weighted by Crippen LogP contribution is -2.31. The van der Waals surface area contributed by atoms with Crippen LogP contribution in [0.3, 0.4) is 0 Å². The van der Waals surface area contributed by atoms with Gasteiger partial charge in [0, 0.05) is 0 Å². The molecule has 4 nitrogen and oxygen atoms in total. The normalized spacial score (nSPS) is 22.2. The summed E-state index contributed by atoms with van der Waals surface area (Å²) < 4.78 is 10.9. The summed E-state index contributed by atoms with van der Waals surface area (Å²) in [6.45, 7) is 9.36. The van der Waals surface area contributed by atoms with Gasteiger partial charge in [0.05, 0.1) is 25.0 Å². The lowest BCUT2D eigenvalue weighted by atomic mass is 9.81. The molecule has 0 aromatic carbocycles. The molecule has 0 spiro atoms. The van der Waals surface area contributed by atoms with E-state index in [4.69, 9.17) is 9.47 Å². The van der Waals surface area contributed by atoms with Crippen LogP contribution in [-0.2, 0) is 19.1 Å². The average Bonchev–Trinajstić information content (AvgIpc) is 2.59. The molecule has 1 fully saturated rings. The van der Waals surface area contributed by atoms with E-state index in [-0.39, 0.29) is 23.8 Å². The first-order valence-corrected chi connectivity index (χ1v) is 9.81. The molecule has 24 heavy (non-hydrogen) atoms. The first kappa shape index (κ1) is 21.0. The number of ether oxygens (including phenoxy) is 2. The van der Waals surface area contributed by atoms with E-state index in [1.807, 2.05) is 13.8 Å². The van der Waals surface area contributed by atoms with Crippen molar-refractivity contribution in [3.63, 3.8) is 0 Å². The van der Waals surface area contributed by atoms with Gasteiger partial charge in [-0.2, -0.15) is 0 Å². The Labute approximate surface area is 147 Å². The summed E-state index contributed by atoms with van der Waals surface area (Å²) in [5, 5.41) is 0. The van der Waals surface area contributed by atoms with Gasteiger partial charge in [-0.1, -0.05) is 53.4 Å². The van der Waals surface area contributed by atoms with Crippen molar-refractivity contribution in [3.05, 3.63) is 0 Å². The van der Waals surface area contributed by atoms with Crippen LogP contribution in [0, 0.1) is 23.7 Å². The van der Waals surface area contributed by atoms with Gasteiger partial charge in [-0.3, -0.25) is 9.59 Å². The maximum Gasteiger partial charge on any atom is 0.308 e. The minimum Gasteiger partial charge on any atom is -0.465 e. The van der Waals surface area contributed by atoms with Crippen LogP contribution in [0.1, 0.15) is 79.1 Å². The highest BCUT2D eigenvalue weighted by Gasteiger charge is 2.33. The minimum absolute atomic E-state index is 0.119. The highest BCUT2D eigenvalue weighted by molar-refractivity contribution is 5.76. The van der Waals surface area contributed by atoms with Gasteiger partial charge < -0.3 is 9.47 Å². The molecule has 1 aliphatic carbocycles. The molecule has 0 bridgehead atoms. The second kappa shape index (κ2) is 11.5. The predicted molar refractivity (Wildman–Crippen MR) is 95.5 cm³/mol. The summed E-state index contributed by atoms with van der Waals surface area (Å²) in [6.07, 6.45) is 7.66. The molecule has 0 aliphatic heterocycles. The van der Waals surface area contributed by atoms with Gasteiger partial charge in [0.1, 0.15) is 0 Å². The number of esters is 2. The molecule has 0 aromatic rings. The van der Waals surface area contributed by atoms with Crippen LogP contribution in [0.5, 0.6) is 0 Å². The molecule has 3 unspecified atom stereocenters. The Morgan fingerprint density at radius 3 is 2.08 bits per heavy atom. The zero-order chi connectivity index (χ0) is 17.9. The first-order chi connectivity index (χ1) is 11.5. The van der Waals surface area contributed by atoms with Gasteiger partial charge in [0.15, 0.2) is 0 Å². The standard InChI is InChI=1S/C20H36O4/c1-5-7-9-16(6-2)14-24-20(22)18-11-8-10-17(12-18)19(21)23-13-15(3)4/h15-18H,5-14H2,1-4H3. The molecule has 1 aliphatic rings. The summed E-state index contributed by atoms with van der Waals surface area (Å²) in [4.78, 5) is 24.5. The Kier molecular flexibility index (Phi) is 10.0. The van der Waals surface area contributed by atoms with E-state index in [1.54, 1.807) is 0 Å². The molecular formula is C20H36O4. The van der Waals surface area contributed by atoms with E-state index in [9.17, 15) is 9.59 Å². The maximum absolute atomic E-state index is 12.4. The Bertz CT molecular complexity index is 378. The van der Waals surface area contributed by atoms with E-state index >= 15 is 0 Å². The fourth-order valence-corrected chi connectivity index (χ4v) is 3.20. The van der Waals surface area contributed by atoms with Crippen molar-refractivity contribution in [2.45, 2.75) is 79.1 Å². The lowest BCUT2D eigenvalue weighted by Gasteiger charge is -2.27. The molecule has 1 saturated carbocycles. The van der Waals surface area contributed by atoms with Crippen molar-refractivity contribution < 1.29 is 19.1 Å². The monoisotopic (exact) mass is 340 g/mol. The van der Waals surface area contributed by atoms with Crippen LogP contribution < -0.4 is 0 Å². The third-order valence-electron chi connectivity index (χ3n) is 4.90. The van der Waals surface area contributed by atoms with Crippen LogP contribution in [0.25, 0.3) is 0 Å². The third-order valence-corrected chi connectivity index (χ3v) is 4.90. The van der Waals surface area contributed by atoms with E-state index < -0.39 is 0 Å². The molecule has 0 N–H and O–H groups in total. The van der Waals surface area contributed by atoms with Crippen LogP contribution in [0.2, 0.25) is 0 Å². The van der Waals surface area contributed by atoms with Gasteiger partial charge in [-0.05, 0) is 37.5 Å². The first-order valence-electron chi connectivity index (χ1n) is 9.81. The summed E-state index contributed by atoms with van der Waals surface area (Å²) >= 11 is 0. The zero-order valence-corrected chi connectivity index (χ0v) is 16.0. The predicted octanol–water partition coefficient (Wildman–Crippen LogP) is 4.75. The SMILES string of the molecule is CCCCC(CC)COC(=O)C1CCCC(C(=O)OCC(C)C)C1. The van der Waals surface area contributed by atoms with Crippen molar-refractivity contribution in [2.75, 3.05) is 13.2 Å². The number of carbonyl (C=O) groups is 2. The highest BCUT2D eigenvalue weighted by Crippen LogP contribution is 2.31. The summed E-state index contributed by atoms with van der Waals surface area (Å²) in [7, 11) is 0. The third kappa shape index (κ3) is 7.67. The van der Waals surface area contributed by atoms with Gasteiger partial charge in [0.2, 0.25) is 0 Å². The number of rotatable bonds is 10. The Morgan fingerprint density at radius 1 is 1.00 bits per heavy atom. The van der Waals surface area contributed by atoms with Crippen molar-refractivity contribution in [1.82, 2.24) is 0 Å². The van der Waals surface area contributed by atoms with E-state index in [0.717, 1.165) is 32.1 Å². The molecule has 1 rings (SSSR count). The summed E-state index contributed by atoms with van der Waals surface area (Å²) in [6, 6.07) is 0. The Hall–Kier alpha value is -1.06. The molecule has 4 heteroatoms. The fraction of sp³-hybridized carbons (Fsp3) is 0.900. The van der Waals surface area contributed by atoms with E-state index in [2.05, 4.69) is 13.8 Å². The van der Waals surface area contributed by atoms with Crippen molar-refractivity contribution in [3.8, 4) is 0 Å². The molecule has 0 heterocycles. The molecule has 0 amide bonds. The van der Waals surface area contributed by atoms with Crippen LogP contribution in [0.15, 0.2) is 0 Å². The smallest absolute Gasteiger partial charge is 0.308 e. The summed E-state index contributed by atoms with van der Waals surface area (Å²) in [5.41, 5.74) is 0. The molecule has 3 atom stereocenters. The van der Waals surface area contributed by atoms with Gasteiger partial charge >= 0.3 is 11.9 Å². The zero-order valence-electron chi connectivity index (χ0n) is 16.0. The fourth-order valence-electron chi connectivity index (χ4n) is 3.20. The van der Waals surface area contributed by atoms with Crippen molar-refractivity contribution >= 4 is 11.9 Å². The number of carbonyl (C=O) groups excluding carboxylic acids is 2. The second-order valence-electron chi connectivity index (χ2n) is 7.63. The number of unbranched alkanes of at least 4 members (excludes halogenated alkanes) is 1. The van der Waals surface area contributed by atoms with Crippen LogP contribution >= 0.6 is 0 Å². The number of hydrogen-bond donors (Lipinski definition) is 0. The van der Waals surface area contributed by atoms with Gasteiger partial charge in [-0.15, -0.1) is 0 Å². The topological polar surface area (TPSA) is 52.6 Å². The lowest BCUT2D eigenvalue weighted by molar-refractivity contribution is -0.156. The number of hydrogen-bond acceptors (Lipinski definition) is 4. The Morgan fingerprint density at radius 2 is 1.58 bits per heavy atom. The van der Waals surface area contributed by atoms with Gasteiger partial charge in [-0.25, -0.2) is 0 Å². The largest absolute Gasteiger partial charge is 0.465 e. The molecule has 0 radical (unpaired) electrons. The van der Waals surface area contributed by atoms with E-state index in [0.29, 0.717) is 31.5 Å². The van der Waals surface area contributed by atoms with E-state index in [1.165, 1.54) is 12.8 Å². The van der Waals surface area contributed by atoms with Crippen molar-refractivity contribution in [2.24, 2.45) is 23.7 Å². The molecule has 0 aromatic heterocycles. The maximum atomic E-state index is 12.4. The molecule has 0 saturated heterocycles. The van der Waals surface area contributed by atoms with Crippen LogP contribution in [0.4, 0.5) is 0 Å². The average molecular weight is 341 g/mol. The Balaban J connectivity index is 2.39. The molecule has 140 valence electrons. The minimum atomic E-state index is -0.143. The van der Waals surface area contributed by atoms with Gasteiger partial charge in [0.25, 0.3) is 0 Å².